The number of aromatic nitrogens is 1. The monoisotopic (exact) mass is 378 g/mol. The Morgan fingerprint density at radius 1 is 0.893 bits per heavy atom. The number of amides is 2. The minimum atomic E-state index is -1.10. The molecule has 138 valence electrons. The molecule has 0 radical (unpaired) electrons. The second-order valence-corrected chi connectivity index (χ2v) is 5.66. The van der Waals surface area contributed by atoms with Crippen LogP contribution in [-0.4, -0.2) is 16.8 Å². The molecule has 3 rings (SSSR count). The third-order valence-electron chi connectivity index (χ3n) is 3.74. The van der Waals surface area contributed by atoms with E-state index in [-0.39, 0.29) is 22.4 Å². The molecule has 3 aromatic rings. The SMILES string of the molecule is N#Cc1ccccc1NC(=O)c1cncc(C(=O)Nc2ccc(F)c(F)c2)c1. The van der Waals surface area contributed by atoms with Gasteiger partial charge in [0.25, 0.3) is 11.8 Å². The molecule has 1 heterocycles. The van der Waals surface area contributed by atoms with E-state index in [1.54, 1.807) is 24.3 Å². The molecule has 0 saturated heterocycles. The number of nitriles is 1. The van der Waals surface area contributed by atoms with E-state index in [9.17, 15) is 18.4 Å². The van der Waals surface area contributed by atoms with Crippen LogP contribution in [0.5, 0.6) is 0 Å². The molecule has 0 aliphatic heterocycles. The Labute approximate surface area is 158 Å². The molecule has 0 aliphatic rings. The van der Waals surface area contributed by atoms with Crippen LogP contribution in [0.25, 0.3) is 0 Å². The van der Waals surface area contributed by atoms with Gasteiger partial charge in [0.2, 0.25) is 0 Å². The maximum absolute atomic E-state index is 13.3. The summed E-state index contributed by atoms with van der Waals surface area (Å²) in [5.41, 5.74) is 0.806. The van der Waals surface area contributed by atoms with Crippen LogP contribution in [0.15, 0.2) is 60.9 Å². The van der Waals surface area contributed by atoms with E-state index in [1.165, 1.54) is 24.5 Å². The van der Waals surface area contributed by atoms with Gasteiger partial charge in [-0.05, 0) is 30.3 Å². The third kappa shape index (κ3) is 4.16. The number of nitrogens with one attached hydrogen (secondary N) is 2. The minimum Gasteiger partial charge on any atom is -0.322 e. The van der Waals surface area contributed by atoms with Gasteiger partial charge in [-0.15, -0.1) is 0 Å². The van der Waals surface area contributed by atoms with Crippen LogP contribution in [0.4, 0.5) is 20.2 Å². The normalized spacial score (nSPS) is 10.0. The average Bonchev–Trinajstić information content (AvgIpc) is 2.71. The van der Waals surface area contributed by atoms with E-state index in [0.717, 1.165) is 12.1 Å². The average molecular weight is 378 g/mol. The maximum Gasteiger partial charge on any atom is 0.257 e. The van der Waals surface area contributed by atoms with Gasteiger partial charge in [0.05, 0.1) is 22.4 Å². The molecule has 2 amide bonds. The Morgan fingerprint density at radius 2 is 1.57 bits per heavy atom. The van der Waals surface area contributed by atoms with Crippen molar-refractivity contribution < 1.29 is 18.4 Å². The standard InChI is InChI=1S/C20H12F2N4O2/c21-16-6-5-15(8-17(16)22)25-19(27)13-7-14(11-24-10-13)20(28)26-18-4-2-1-3-12(18)9-23/h1-8,10-11H,(H,25,27)(H,26,28). The van der Waals surface area contributed by atoms with Gasteiger partial charge in [0, 0.05) is 24.1 Å². The smallest absolute Gasteiger partial charge is 0.257 e. The summed E-state index contributed by atoms with van der Waals surface area (Å²) >= 11 is 0. The van der Waals surface area contributed by atoms with Gasteiger partial charge in [-0.2, -0.15) is 5.26 Å². The van der Waals surface area contributed by atoms with Crippen LogP contribution in [0.2, 0.25) is 0 Å². The van der Waals surface area contributed by atoms with Crippen LogP contribution in [0.3, 0.4) is 0 Å². The number of anilines is 2. The van der Waals surface area contributed by atoms with Crippen LogP contribution in [-0.2, 0) is 0 Å². The molecule has 0 aliphatic carbocycles. The Kier molecular flexibility index (Phi) is 5.37. The number of halogens is 2. The number of hydrogen-bond donors (Lipinski definition) is 2. The minimum absolute atomic E-state index is 0.0472. The summed E-state index contributed by atoms with van der Waals surface area (Å²) in [4.78, 5) is 28.6. The number of hydrogen-bond acceptors (Lipinski definition) is 4. The highest BCUT2D eigenvalue weighted by Crippen LogP contribution is 2.17. The molecule has 8 heteroatoms. The molecule has 2 N–H and O–H groups in total. The number of pyridine rings is 1. The number of carbonyl (C=O) groups is 2. The highest BCUT2D eigenvalue weighted by atomic mass is 19.2. The number of rotatable bonds is 4. The van der Waals surface area contributed by atoms with Gasteiger partial charge in [-0.3, -0.25) is 14.6 Å². The van der Waals surface area contributed by atoms with Crippen molar-refractivity contribution in [2.45, 2.75) is 0 Å². The van der Waals surface area contributed by atoms with Gasteiger partial charge in [-0.25, -0.2) is 8.78 Å². The largest absolute Gasteiger partial charge is 0.322 e. The first-order valence-electron chi connectivity index (χ1n) is 8.00. The lowest BCUT2D eigenvalue weighted by atomic mass is 10.1. The highest BCUT2D eigenvalue weighted by molar-refractivity contribution is 6.08. The summed E-state index contributed by atoms with van der Waals surface area (Å²) in [5, 5.41) is 14.1. The van der Waals surface area contributed by atoms with Gasteiger partial charge in [0.1, 0.15) is 6.07 Å². The fraction of sp³-hybridized carbons (Fsp3) is 0. The number of benzene rings is 2. The molecule has 6 nitrogen and oxygen atoms in total. The van der Waals surface area contributed by atoms with Crippen molar-refractivity contribution in [1.82, 2.24) is 4.98 Å². The molecular weight excluding hydrogens is 366 g/mol. The van der Waals surface area contributed by atoms with Crippen molar-refractivity contribution in [2.24, 2.45) is 0 Å². The Hall–Kier alpha value is -4.12. The molecule has 0 unspecified atom stereocenters. The van der Waals surface area contributed by atoms with Crippen LogP contribution >= 0.6 is 0 Å². The van der Waals surface area contributed by atoms with Crippen molar-refractivity contribution in [3.63, 3.8) is 0 Å². The van der Waals surface area contributed by atoms with Crippen molar-refractivity contribution in [3.05, 3.63) is 89.2 Å². The van der Waals surface area contributed by atoms with Crippen molar-refractivity contribution >= 4 is 23.2 Å². The first kappa shape index (κ1) is 18.7. The zero-order valence-corrected chi connectivity index (χ0v) is 14.2. The molecule has 0 bridgehead atoms. The molecule has 0 saturated carbocycles. The second-order valence-electron chi connectivity index (χ2n) is 5.66. The molecule has 0 atom stereocenters. The first-order valence-corrected chi connectivity index (χ1v) is 8.00. The number of para-hydroxylation sites is 1. The lowest BCUT2D eigenvalue weighted by molar-refractivity contribution is 0.102. The van der Waals surface area contributed by atoms with E-state index in [1.807, 2.05) is 6.07 Å². The Balaban J connectivity index is 1.77. The molecular formula is C20H12F2N4O2. The second kappa shape index (κ2) is 8.05. The lowest BCUT2D eigenvalue weighted by Gasteiger charge is -2.09. The third-order valence-corrected chi connectivity index (χ3v) is 3.74. The number of nitrogens with zero attached hydrogens (tertiary/aromatic N) is 2. The zero-order valence-electron chi connectivity index (χ0n) is 14.2. The topological polar surface area (TPSA) is 94.9 Å². The summed E-state index contributed by atoms with van der Waals surface area (Å²) in [6.45, 7) is 0. The molecule has 0 fully saturated rings. The predicted molar refractivity (Wildman–Crippen MR) is 97.7 cm³/mol. The van der Waals surface area contributed by atoms with Crippen LogP contribution in [0, 0.1) is 23.0 Å². The lowest BCUT2D eigenvalue weighted by Crippen LogP contribution is -2.16. The van der Waals surface area contributed by atoms with Crippen molar-refractivity contribution in [3.8, 4) is 6.07 Å². The van der Waals surface area contributed by atoms with Gasteiger partial charge < -0.3 is 10.6 Å². The number of carbonyl (C=O) groups excluding carboxylic acids is 2. The molecule has 1 aromatic heterocycles. The van der Waals surface area contributed by atoms with E-state index in [0.29, 0.717) is 5.69 Å². The first-order chi connectivity index (χ1) is 13.5. The van der Waals surface area contributed by atoms with E-state index in [2.05, 4.69) is 15.6 Å². The zero-order chi connectivity index (χ0) is 20.1. The summed E-state index contributed by atoms with van der Waals surface area (Å²) in [7, 11) is 0. The van der Waals surface area contributed by atoms with E-state index < -0.39 is 23.4 Å². The molecule has 28 heavy (non-hydrogen) atoms. The predicted octanol–water partition coefficient (Wildman–Crippen LogP) is 3.74. The fourth-order valence-corrected chi connectivity index (χ4v) is 2.35. The quantitative estimate of drug-likeness (QED) is 0.723. The molecule has 0 spiro atoms. The van der Waals surface area contributed by atoms with E-state index in [4.69, 9.17) is 5.26 Å². The summed E-state index contributed by atoms with van der Waals surface area (Å²) < 4.78 is 26.2. The summed E-state index contributed by atoms with van der Waals surface area (Å²) in [6.07, 6.45) is 2.49. The van der Waals surface area contributed by atoms with Gasteiger partial charge in [0.15, 0.2) is 11.6 Å². The Bertz CT molecular complexity index is 1110. The van der Waals surface area contributed by atoms with Gasteiger partial charge >= 0.3 is 0 Å². The van der Waals surface area contributed by atoms with Crippen LogP contribution < -0.4 is 10.6 Å². The summed E-state index contributed by atoms with van der Waals surface area (Å²) in [5.74, 6) is -3.33. The van der Waals surface area contributed by atoms with Crippen molar-refractivity contribution in [2.75, 3.05) is 10.6 Å². The Morgan fingerprint density at radius 3 is 2.25 bits per heavy atom. The fourth-order valence-electron chi connectivity index (χ4n) is 2.35. The van der Waals surface area contributed by atoms with Crippen LogP contribution in [0.1, 0.15) is 26.3 Å². The maximum atomic E-state index is 13.3. The van der Waals surface area contributed by atoms with E-state index >= 15 is 0 Å². The molecule has 2 aromatic carbocycles. The highest BCUT2D eigenvalue weighted by Gasteiger charge is 2.14. The van der Waals surface area contributed by atoms with Gasteiger partial charge in [-0.1, -0.05) is 12.1 Å². The summed E-state index contributed by atoms with van der Waals surface area (Å²) in [6, 6.07) is 12.7. The van der Waals surface area contributed by atoms with Crippen molar-refractivity contribution in [1.29, 1.82) is 5.26 Å².